The van der Waals surface area contributed by atoms with Crippen molar-refractivity contribution in [3.63, 3.8) is 0 Å². The summed E-state index contributed by atoms with van der Waals surface area (Å²) >= 11 is 1.61. The van der Waals surface area contributed by atoms with Gasteiger partial charge in [0.25, 0.3) is 0 Å². The number of carboxylic acids is 1. The molecule has 6 heteroatoms. The Morgan fingerprint density at radius 3 is 2.74 bits per heavy atom. The Bertz CT molecular complexity index is 661. The van der Waals surface area contributed by atoms with Crippen LogP contribution in [0.2, 0.25) is 0 Å². The van der Waals surface area contributed by atoms with Gasteiger partial charge in [-0.3, -0.25) is 0 Å². The summed E-state index contributed by atoms with van der Waals surface area (Å²) in [5.41, 5.74) is 0.284. The summed E-state index contributed by atoms with van der Waals surface area (Å²) in [6.45, 7) is 4.07. The van der Waals surface area contributed by atoms with E-state index in [0.29, 0.717) is 18.7 Å². The minimum absolute atomic E-state index is 0.647. The number of thiophene rings is 1. The lowest BCUT2D eigenvalue weighted by Gasteiger charge is -2.38. The van der Waals surface area contributed by atoms with Crippen molar-refractivity contribution in [2.75, 3.05) is 5.32 Å². The van der Waals surface area contributed by atoms with Crippen molar-refractivity contribution in [1.82, 2.24) is 9.97 Å². The van der Waals surface area contributed by atoms with E-state index in [1.54, 1.807) is 11.3 Å². The number of fused-ring (bicyclic) bond motifs is 1. The molecule has 0 spiro atoms. The molecule has 1 aliphatic carbocycles. The van der Waals surface area contributed by atoms with Gasteiger partial charge in [-0.05, 0) is 38.7 Å². The van der Waals surface area contributed by atoms with E-state index in [2.05, 4.69) is 15.3 Å². The molecule has 2 aromatic heterocycles. The van der Waals surface area contributed by atoms with Crippen LogP contribution in [0.4, 0.5) is 5.82 Å². The molecule has 5 nitrogen and oxygen atoms in total. The van der Waals surface area contributed by atoms with Gasteiger partial charge in [0.1, 0.15) is 22.5 Å². The summed E-state index contributed by atoms with van der Waals surface area (Å²) in [5, 5.41) is 13.5. The molecule has 0 radical (unpaired) electrons. The topological polar surface area (TPSA) is 75.1 Å². The highest BCUT2D eigenvalue weighted by Gasteiger charge is 2.45. The molecule has 0 atom stereocenters. The van der Waals surface area contributed by atoms with Crippen LogP contribution in [-0.4, -0.2) is 26.6 Å². The van der Waals surface area contributed by atoms with E-state index in [1.807, 2.05) is 13.8 Å². The standard InChI is InChI=1S/C13H15N3O2S/c1-7-8(2)19-11-9(7)10(14-6-15-11)16-13(12(17)18)4-3-5-13/h6H,3-5H2,1-2H3,(H,17,18)(H,14,15,16). The molecule has 2 N–H and O–H groups in total. The first-order valence-electron chi connectivity index (χ1n) is 6.26. The van der Waals surface area contributed by atoms with E-state index >= 15 is 0 Å². The fourth-order valence-electron chi connectivity index (χ4n) is 2.43. The van der Waals surface area contributed by atoms with Crippen LogP contribution in [0.3, 0.4) is 0 Å². The van der Waals surface area contributed by atoms with E-state index in [-0.39, 0.29) is 0 Å². The number of carboxylic acid groups (broad SMARTS) is 1. The zero-order chi connectivity index (χ0) is 13.6. The highest BCUT2D eigenvalue weighted by Crippen LogP contribution is 2.39. The van der Waals surface area contributed by atoms with Crippen molar-refractivity contribution in [2.45, 2.75) is 38.6 Å². The quantitative estimate of drug-likeness (QED) is 0.902. The predicted octanol–water partition coefficient (Wildman–Crippen LogP) is 2.73. The molecule has 3 rings (SSSR count). The lowest BCUT2D eigenvalue weighted by molar-refractivity contribution is -0.145. The Balaban J connectivity index is 2.08. The van der Waals surface area contributed by atoms with Gasteiger partial charge < -0.3 is 10.4 Å². The van der Waals surface area contributed by atoms with Gasteiger partial charge in [0.05, 0.1) is 5.39 Å². The molecule has 100 valence electrons. The Hall–Kier alpha value is -1.69. The van der Waals surface area contributed by atoms with Crippen LogP contribution in [0.5, 0.6) is 0 Å². The highest BCUT2D eigenvalue weighted by atomic mass is 32.1. The van der Waals surface area contributed by atoms with Crippen molar-refractivity contribution in [1.29, 1.82) is 0 Å². The number of aromatic nitrogens is 2. The average Bonchev–Trinajstić information content (AvgIpc) is 2.60. The van der Waals surface area contributed by atoms with Crippen molar-refractivity contribution in [3.05, 3.63) is 16.8 Å². The highest BCUT2D eigenvalue weighted by molar-refractivity contribution is 7.18. The average molecular weight is 277 g/mol. The molecular weight excluding hydrogens is 262 g/mol. The van der Waals surface area contributed by atoms with Crippen molar-refractivity contribution in [3.8, 4) is 0 Å². The second kappa shape index (κ2) is 4.16. The summed E-state index contributed by atoms with van der Waals surface area (Å²) in [6, 6.07) is 0. The van der Waals surface area contributed by atoms with Gasteiger partial charge in [-0.1, -0.05) is 0 Å². The molecule has 1 aliphatic rings. The number of nitrogens with zero attached hydrogens (tertiary/aromatic N) is 2. The predicted molar refractivity (Wildman–Crippen MR) is 74.7 cm³/mol. The molecule has 2 aromatic rings. The van der Waals surface area contributed by atoms with Gasteiger partial charge in [-0.25, -0.2) is 14.8 Å². The lowest BCUT2D eigenvalue weighted by Crippen LogP contribution is -2.52. The third kappa shape index (κ3) is 1.78. The smallest absolute Gasteiger partial charge is 0.329 e. The van der Waals surface area contributed by atoms with Crippen LogP contribution in [-0.2, 0) is 4.79 Å². The van der Waals surface area contributed by atoms with Gasteiger partial charge in [0.2, 0.25) is 0 Å². The number of aliphatic carboxylic acids is 1. The molecule has 1 saturated carbocycles. The molecule has 19 heavy (non-hydrogen) atoms. The largest absolute Gasteiger partial charge is 0.480 e. The van der Waals surface area contributed by atoms with Crippen molar-refractivity contribution in [2.24, 2.45) is 0 Å². The number of carbonyl (C=O) groups is 1. The zero-order valence-corrected chi connectivity index (χ0v) is 11.7. The molecular formula is C13H15N3O2S. The number of aryl methyl sites for hydroxylation is 2. The van der Waals surface area contributed by atoms with E-state index < -0.39 is 11.5 Å². The first-order valence-corrected chi connectivity index (χ1v) is 7.07. The fraction of sp³-hybridized carbons (Fsp3) is 0.462. The van der Waals surface area contributed by atoms with Crippen LogP contribution in [0, 0.1) is 13.8 Å². The van der Waals surface area contributed by atoms with Crippen LogP contribution in [0.15, 0.2) is 6.33 Å². The summed E-state index contributed by atoms with van der Waals surface area (Å²) in [5.74, 6) is -0.149. The molecule has 0 aromatic carbocycles. The maximum absolute atomic E-state index is 11.4. The summed E-state index contributed by atoms with van der Waals surface area (Å²) in [4.78, 5) is 22.0. The number of hydrogen-bond acceptors (Lipinski definition) is 5. The van der Waals surface area contributed by atoms with Gasteiger partial charge in [0.15, 0.2) is 0 Å². The monoisotopic (exact) mass is 277 g/mol. The van der Waals surface area contributed by atoms with Gasteiger partial charge in [-0.15, -0.1) is 11.3 Å². The third-order valence-corrected chi connectivity index (χ3v) is 5.05. The molecule has 0 unspecified atom stereocenters. The SMILES string of the molecule is Cc1sc2ncnc(NC3(C(=O)O)CCC3)c2c1C. The first-order chi connectivity index (χ1) is 9.03. The van der Waals surface area contributed by atoms with Crippen molar-refractivity contribution < 1.29 is 9.90 Å². The Kier molecular flexibility index (Phi) is 2.70. The van der Waals surface area contributed by atoms with Crippen LogP contribution >= 0.6 is 11.3 Å². The van der Waals surface area contributed by atoms with Crippen LogP contribution in [0.1, 0.15) is 29.7 Å². The number of hydrogen-bond donors (Lipinski definition) is 2. The minimum atomic E-state index is -0.844. The Labute approximate surface area is 114 Å². The lowest BCUT2D eigenvalue weighted by atomic mass is 9.76. The van der Waals surface area contributed by atoms with E-state index in [4.69, 9.17) is 0 Å². The van der Waals surface area contributed by atoms with Gasteiger partial charge in [-0.2, -0.15) is 0 Å². The maximum atomic E-state index is 11.4. The Morgan fingerprint density at radius 2 is 2.16 bits per heavy atom. The minimum Gasteiger partial charge on any atom is -0.480 e. The molecule has 0 bridgehead atoms. The van der Waals surface area contributed by atoms with Crippen LogP contribution < -0.4 is 5.32 Å². The van der Waals surface area contributed by atoms with Crippen molar-refractivity contribution >= 4 is 33.3 Å². The number of rotatable bonds is 3. The van der Waals surface area contributed by atoms with Crippen LogP contribution in [0.25, 0.3) is 10.2 Å². The Morgan fingerprint density at radius 1 is 1.42 bits per heavy atom. The fourth-order valence-corrected chi connectivity index (χ4v) is 3.42. The molecule has 1 fully saturated rings. The summed E-state index contributed by atoms with van der Waals surface area (Å²) < 4.78 is 0. The van der Waals surface area contributed by atoms with Gasteiger partial charge >= 0.3 is 5.97 Å². The first kappa shape index (κ1) is 12.3. The molecule has 0 aliphatic heterocycles. The number of nitrogens with one attached hydrogen (secondary N) is 1. The second-order valence-corrected chi connectivity index (χ2v) is 6.25. The zero-order valence-electron chi connectivity index (χ0n) is 10.9. The maximum Gasteiger partial charge on any atom is 0.329 e. The van der Waals surface area contributed by atoms with Gasteiger partial charge in [0, 0.05) is 4.88 Å². The van der Waals surface area contributed by atoms with E-state index in [9.17, 15) is 9.90 Å². The molecule has 0 saturated heterocycles. The van der Waals surface area contributed by atoms with E-state index in [0.717, 1.165) is 22.2 Å². The molecule has 2 heterocycles. The summed E-state index contributed by atoms with van der Waals surface area (Å²) in [6.07, 6.45) is 3.73. The van der Waals surface area contributed by atoms with E-state index in [1.165, 1.54) is 11.2 Å². The number of anilines is 1. The normalized spacial score (nSPS) is 17.2. The molecule has 0 amide bonds. The third-order valence-electron chi connectivity index (χ3n) is 3.94. The summed E-state index contributed by atoms with van der Waals surface area (Å²) in [7, 11) is 0. The second-order valence-electron chi connectivity index (χ2n) is 5.05.